The van der Waals surface area contributed by atoms with Crippen LogP contribution in [0.1, 0.15) is 19.7 Å². The van der Waals surface area contributed by atoms with E-state index in [1.54, 1.807) is 6.07 Å². The highest BCUT2D eigenvalue weighted by Gasteiger charge is 2.03. The number of anilines is 3. The van der Waals surface area contributed by atoms with Crippen LogP contribution in [-0.2, 0) is 6.42 Å². The molecule has 0 saturated heterocycles. The van der Waals surface area contributed by atoms with Crippen molar-refractivity contribution in [3.63, 3.8) is 0 Å². The molecule has 6 nitrogen and oxygen atoms in total. The predicted molar refractivity (Wildman–Crippen MR) is 80.1 cm³/mol. The van der Waals surface area contributed by atoms with Crippen molar-refractivity contribution in [2.75, 3.05) is 17.3 Å². The third kappa shape index (κ3) is 3.58. The Hall–Kier alpha value is -2.34. The van der Waals surface area contributed by atoms with Gasteiger partial charge < -0.3 is 15.5 Å². The number of nitrogens with one attached hydrogen (secondary N) is 2. The number of nitrogens with zero attached hydrogens (tertiary/aromatic N) is 2. The van der Waals surface area contributed by atoms with Crippen molar-refractivity contribution in [2.45, 2.75) is 20.3 Å². The summed E-state index contributed by atoms with van der Waals surface area (Å²) < 4.78 is 5.40. The van der Waals surface area contributed by atoms with Gasteiger partial charge >= 0.3 is 0 Å². The lowest BCUT2D eigenvalue weighted by atomic mass is 10.3. The highest BCUT2D eigenvalue weighted by atomic mass is 16.5. The molecule has 4 N–H and O–H groups in total. The van der Waals surface area contributed by atoms with E-state index in [9.17, 15) is 0 Å². The van der Waals surface area contributed by atoms with Crippen LogP contribution in [0.2, 0.25) is 0 Å². The minimum atomic E-state index is 0.588. The van der Waals surface area contributed by atoms with Crippen molar-refractivity contribution in [3.05, 3.63) is 36.2 Å². The quantitative estimate of drug-likeness (QED) is 0.554. The number of hydrazine groups is 1. The summed E-state index contributed by atoms with van der Waals surface area (Å²) in [5, 5.41) is 3.22. The Morgan fingerprint density at radius 1 is 1.10 bits per heavy atom. The van der Waals surface area contributed by atoms with Crippen LogP contribution in [0.4, 0.5) is 17.3 Å². The molecule has 0 aliphatic carbocycles. The first-order chi connectivity index (χ1) is 9.75. The Bertz CT molecular complexity index is 534. The van der Waals surface area contributed by atoms with Crippen molar-refractivity contribution >= 4 is 17.3 Å². The van der Waals surface area contributed by atoms with Crippen molar-refractivity contribution in [2.24, 2.45) is 5.84 Å². The number of benzene rings is 1. The molecule has 0 unspecified atom stereocenters. The zero-order valence-corrected chi connectivity index (χ0v) is 11.7. The van der Waals surface area contributed by atoms with Crippen molar-refractivity contribution in [3.8, 4) is 5.75 Å². The van der Waals surface area contributed by atoms with Crippen molar-refractivity contribution < 1.29 is 4.74 Å². The summed E-state index contributed by atoms with van der Waals surface area (Å²) in [4.78, 5) is 8.65. The first kappa shape index (κ1) is 14.1. The number of hydrogen-bond donors (Lipinski definition) is 3. The molecule has 1 aromatic heterocycles. The normalized spacial score (nSPS) is 10.2. The molecule has 2 rings (SSSR count). The van der Waals surface area contributed by atoms with Crippen molar-refractivity contribution in [1.82, 2.24) is 9.97 Å². The van der Waals surface area contributed by atoms with E-state index in [2.05, 4.69) is 20.7 Å². The molecule has 1 heterocycles. The third-order valence-electron chi connectivity index (χ3n) is 2.67. The third-order valence-corrected chi connectivity index (χ3v) is 2.67. The van der Waals surface area contributed by atoms with Crippen LogP contribution in [0, 0.1) is 0 Å². The van der Waals surface area contributed by atoms with Crippen LogP contribution in [0.15, 0.2) is 30.3 Å². The van der Waals surface area contributed by atoms with Crippen LogP contribution in [0.3, 0.4) is 0 Å². The highest BCUT2D eigenvalue weighted by Crippen LogP contribution is 2.20. The van der Waals surface area contributed by atoms with Gasteiger partial charge in [0.25, 0.3) is 0 Å². The van der Waals surface area contributed by atoms with Crippen molar-refractivity contribution in [1.29, 1.82) is 0 Å². The lowest BCUT2D eigenvalue weighted by Crippen LogP contribution is -2.11. The molecule has 0 spiro atoms. The number of aromatic nitrogens is 2. The monoisotopic (exact) mass is 273 g/mol. The van der Waals surface area contributed by atoms with Crippen LogP contribution < -0.4 is 21.3 Å². The molecule has 0 saturated carbocycles. The van der Waals surface area contributed by atoms with E-state index in [4.69, 9.17) is 10.6 Å². The van der Waals surface area contributed by atoms with Crippen LogP contribution in [-0.4, -0.2) is 16.6 Å². The Balaban J connectivity index is 2.16. The van der Waals surface area contributed by atoms with E-state index in [0.29, 0.717) is 18.2 Å². The molecule has 1 aromatic carbocycles. The van der Waals surface area contributed by atoms with E-state index < -0.39 is 0 Å². The fourth-order valence-corrected chi connectivity index (χ4v) is 1.74. The highest BCUT2D eigenvalue weighted by molar-refractivity contribution is 5.59. The van der Waals surface area contributed by atoms with E-state index in [1.165, 1.54) is 0 Å². The molecular formula is C14H19N5O. The largest absolute Gasteiger partial charge is 0.494 e. The minimum absolute atomic E-state index is 0.588. The van der Waals surface area contributed by atoms with Gasteiger partial charge in [-0.25, -0.2) is 15.8 Å². The van der Waals surface area contributed by atoms with Gasteiger partial charge in [-0.15, -0.1) is 0 Å². The number of hydrogen-bond acceptors (Lipinski definition) is 6. The van der Waals surface area contributed by atoms with Gasteiger partial charge in [0.15, 0.2) is 0 Å². The van der Waals surface area contributed by atoms with Crippen LogP contribution in [0.5, 0.6) is 5.75 Å². The molecule has 0 amide bonds. The number of nitrogens with two attached hydrogens (primary N) is 1. The molecule has 106 valence electrons. The Labute approximate surface area is 118 Å². The Kier molecular flexibility index (Phi) is 4.73. The van der Waals surface area contributed by atoms with E-state index in [0.717, 1.165) is 23.7 Å². The maximum atomic E-state index is 5.40. The average Bonchev–Trinajstić information content (AvgIpc) is 2.49. The second-order valence-electron chi connectivity index (χ2n) is 4.13. The lowest BCUT2D eigenvalue weighted by molar-refractivity contribution is 0.340. The molecule has 0 atom stereocenters. The second-order valence-corrected chi connectivity index (χ2v) is 4.13. The second kappa shape index (κ2) is 6.72. The summed E-state index contributed by atoms with van der Waals surface area (Å²) in [5.41, 5.74) is 3.47. The lowest BCUT2D eigenvalue weighted by Gasteiger charge is -2.10. The summed E-state index contributed by atoms with van der Waals surface area (Å²) in [6, 6.07) is 9.46. The van der Waals surface area contributed by atoms with E-state index in [1.807, 2.05) is 38.1 Å². The van der Waals surface area contributed by atoms with Gasteiger partial charge in [-0.1, -0.05) is 6.92 Å². The van der Waals surface area contributed by atoms with E-state index >= 15 is 0 Å². The number of ether oxygens (including phenoxy) is 1. The molecule has 0 aliphatic rings. The zero-order chi connectivity index (χ0) is 14.4. The zero-order valence-electron chi connectivity index (χ0n) is 11.7. The van der Waals surface area contributed by atoms with Gasteiger partial charge in [0.05, 0.1) is 6.61 Å². The molecule has 0 aliphatic heterocycles. The summed E-state index contributed by atoms with van der Waals surface area (Å²) in [7, 11) is 0. The van der Waals surface area contributed by atoms with E-state index in [-0.39, 0.29) is 0 Å². The fourth-order valence-electron chi connectivity index (χ4n) is 1.74. The van der Waals surface area contributed by atoms with Gasteiger partial charge in [-0.3, -0.25) is 0 Å². The summed E-state index contributed by atoms with van der Waals surface area (Å²) in [5.74, 6) is 8.27. The first-order valence-corrected chi connectivity index (χ1v) is 6.59. The molecule has 0 bridgehead atoms. The number of nitrogen functional groups attached to an aromatic ring is 1. The summed E-state index contributed by atoms with van der Waals surface area (Å²) in [6.45, 7) is 4.61. The molecule has 0 radical (unpaired) electrons. The maximum Gasteiger partial charge on any atom is 0.145 e. The van der Waals surface area contributed by atoms with Gasteiger partial charge in [0.2, 0.25) is 0 Å². The van der Waals surface area contributed by atoms with Crippen LogP contribution in [0.25, 0.3) is 0 Å². The maximum absolute atomic E-state index is 5.40. The Morgan fingerprint density at radius 3 is 2.40 bits per heavy atom. The smallest absolute Gasteiger partial charge is 0.145 e. The standard InChI is InChI=1S/C14H19N5O/c1-3-12-17-13(9-14(18-12)19-15)16-10-5-7-11(8-6-10)20-4-2/h5-9H,3-4,15H2,1-2H3,(H2,16,17,18,19). The van der Waals surface area contributed by atoms with Gasteiger partial charge in [0, 0.05) is 18.2 Å². The van der Waals surface area contributed by atoms with Gasteiger partial charge in [0.1, 0.15) is 23.2 Å². The number of rotatable bonds is 6. The summed E-state index contributed by atoms with van der Waals surface area (Å²) in [6.07, 6.45) is 0.744. The average molecular weight is 273 g/mol. The topological polar surface area (TPSA) is 85.1 Å². The first-order valence-electron chi connectivity index (χ1n) is 6.59. The summed E-state index contributed by atoms with van der Waals surface area (Å²) >= 11 is 0. The number of aryl methyl sites for hydroxylation is 1. The fraction of sp³-hybridized carbons (Fsp3) is 0.286. The predicted octanol–water partition coefficient (Wildman–Crippen LogP) is 2.47. The molecule has 0 fully saturated rings. The van der Waals surface area contributed by atoms with Crippen LogP contribution >= 0.6 is 0 Å². The Morgan fingerprint density at radius 2 is 1.80 bits per heavy atom. The molecule has 6 heteroatoms. The SMILES string of the molecule is CCOc1ccc(Nc2cc(NN)nc(CC)n2)cc1. The van der Waals surface area contributed by atoms with Gasteiger partial charge in [-0.05, 0) is 31.2 Å². The minimum Gasteiger partial charge on any atom is -0.494 e. The van der Waals surface area contributed by atoms with Gasteiger partial charge in [-0.2, -0.15) is 0 Å². The molecular weight excluding hydrogens is 254 g/mol. The molecule has 20 heavy (non-hydrogen) atoms. The molecule has 2 aromatic rings.